The minimum absolute atomic E-state index is 0.0563. The normalized spacial score (nSPS) is 13.7. The van der Waals surface area contributed by atoms with Crippen molar-refractivity contribution in [2.45, 2.75) is 26.3 Å². The highest BCUT2D eigenvalue weighted by molar-refractivity contribution is 7.20. The lowest BCUT2D eigenvalue weighted by atomic mass is 10.1. The molecule has 0 fully saturated rings. The number of thiophene rings is 1. The first-order chi connectivity index (χ1) is 13.7. The molecule has 0 N–H and O–H groups in total. The molecular weight excluding hydrogens is 368 g/mol. The van der Waals surface area contributed by atoms with Gasteiger partial charge in [-0.1, -0.05) is 30.3 Å². The van der Waals surface area contributed by atoms with E-state index in [2.05, 4.69) is 22.2 Å². The highest BCUT2D eigenvalue weighted by atomic mass is 32.1. The van der Waals surface area contributed by atoms with Crippen LogP contribution in [0, 0.1) is 6.92 Å². The summed E-state index contributed by atoms with van der Waals surface area (Å²) in [6, 6.07) is 16.2. The summed E-state index contributed by atoms with van der Waals surface area (Å²) in [5.41, 5.74) is 4.11. The molecular formula is C22H20N4OS. The van der Waals surface area contributed by atoms with Crippen molar-refractivity contribution in [1.29, 1.82) is 0 Å². The van der Waals surface area contributed by atoms with Crippen LogP contribution in [-0.4, -0.2) is 27.2 Å². The third-order valence-electron chi connectivity index (χ3n) is 5.19. The molecule has 0 spiro atoms. The number of aryl methyl sites for hydroxylation is 2. The lowest BCUT2D eigenvalue weighted by Crippen LogP contribution is -2.35. The Morgan fingerprint density at radius 1 is 1.18 bits per heavy atom. The van der Waals surface area contributed by atoms with E-state index >= 15 is 0 Å². The monoisotopic (exact) mass is 388 g/mol. The molecule has 4 aromatic rings. The minimum Gasteiger partial charge on any atom is -0.306 e. The summed E-state index contributed by atoms with van der Waals surface area (Å²) in [7, 11) is 0. The van der Waals surface area contributed by atoms with Crippen LogP contribution < -0.4 is 4.90 Å². The van der Waals surface area contributed by atoms with E-state index in [1.54, 1.807) is 6.20 Å². The predicted octanol–water partition coefficient (Wildman–Crippen LogP) is 4.44. The number of benzene rings is 1. The summed E-state index contributed by atoms with van der Waals surface area (Å²) in [6.07, 6.45) is 3.67. The molecule has 1 aliphatic heterocycles. The quantitative estimate of drug-likeness (QED) is 0.521. The second kappa shape index (κ2) is 6.87. The molecule has 6 heteroatoms. The number of hydrogen-bond donors (Lipinski definition) is 0. The summed E-state index contributed by atoms with van der Waals surface area (Å²) in [5, 5.41) is 5.75. The Morgan fingerprint density at radius 3 is 2.89 bits per heavy atom. The van der Waals surface area contributed by atoms with E-state index < -0.39 is 0 Å². The van der Waals surface area contributed by atoms with Gasteiger partial charge in [0.1, 0.15) is 4.83 Å². The maximum atomic E-state index is 13.3. The zero-order chi connectivity index (χ0) is 19.1. The van der Waals surface area contributed by atoms with E-state index in [9.17, 15) is 4.79 Å². The molecule has 5 nitrogen and oxygen atoms in total. The molecule has 1 aromatic carbocycles. The molecule has 28 heavy (non-hydrogen) atoms. The van der Waals surface area contributed by atoms with Crippen LogP contribution in [0.15, 0.2) is 54.7 Å². The van der Waals surface area contributed by atoms with Gasteiger partial charge in [-0.3, -0.25) is 14.5 Å². The number of rotatable bonds is 3. The summed E-state index contributed by atoms with van der Waals surface area (Å²) < 4.78 is 2.01. The zero-order valence-electron chi connectivity index (χ0n) is 15.6. The number of hydrogen-bond acceptors (Lipinski definition) is 4. The minimum atomic E-state index is 0.0563. The summed E-state index contributed by atoms with van der Waals surface area (Å²) >= 11 is 1.53. The smallest absolute Gasteiger partial charge is 0.268 e. The first-order valence-corrected chi connectivity index (χ1v) is 10.3. The number of carbonyl (C=O) groups excluding carboxylic acids is 1. The summed E-state index contributed by atoms with van der Waals surface area (Å²) in [4.78, 5) is 21.4. The van der Waals surface area contributed by atoms with Crippen LogP contribution in [0.25, 0.3) is 10.2 Å². The molecule has 0 aliphatic carbocycles. The number of fused-ring (bicyclic) bond motifs is 2. The van der Waals surface area contributed by atoms with E-state index in [0.29, 0.717) is 6.54 Å². The molecule has 1 amide bonds. The van der Waals surface area contributed by atoms with Gasteiger partial charge in [0.15, 0.2) is 0 Å². The summed E-state index contributed by atoms with van der Waals surface area (Å²) in [6.45, 7) is 3.45. The summed E-state index contributed by atoms with van der Waals surface area (Å²) in [5.74, 6) is 0.0563. The number of anilines is 1. The predicted molar refractivity (Wildman–Crippen MR) is 112 cm³/mol. The number of pyridine rings is 1. The molecule has 1 aliphatic rings. The fourth-order valence-electron chi connectivity index (χ4n) is 3.82. The van der Waals surface area contributed by atoms with Gasteiger partial charge in [0, 0.05) is 18.1 Å². The van der Waals surface area contributed by atoms with Gasteiger partial charge in [-0.2, -0.15) is 5.10 Å². The van der Waals surface area contributed by atoms with Crippen molar-refractivity contribution < 1.29 is 4.79 Å². The lowest BCUT2D eigenvalue weighted by Gasteiger charge is -2.28. The van der Waals surface area contributed by atoms with Crippen LogP contribution in [0.1, 0.15) is 33.0 Å². The lowest BCUT2D eigenvalue weighted by molar-refractivity contribution is 0.0989. The van der Waals surface area contributed by atoms with Crippen LogP contribution in [0.5, 0.6) is 0 Å². The molecule has 0 saturated carbocycles. The van der Waals surface area contributed by atoms with Gasteiger partial charge < -0.3 is 4.90 Å². The molecule has 0 unspecified atom stereocenters. The first kappa shape index (κ1) is 17.1. The average molecular weight is 388 g/mol. The zero-order valence-corrected chi connectivity index (χ0v) is 16.4. The Labute approximate surface area is 167 Å². The van der Waals surface area contributed by atoms with Crippen molar-refractivity contribution in [1.82, 2.24) is 14.8 Å². The Hall–Kier alpha value is -2.99. The standard InChI is InChI=1S/C22H20N4OS/c1-15-17-13-20(21(27)25-12-6-9-18-19(25)10-5-11-23-18)28-22(17)26(24-15)14-16-7-3-2-4-8-16/h2-5,7-8,10-11,13H,6,9,12,14H2,1H3. The average Bonchev–Trinajstić information content (AvgIpc) is 3.29. The van der Waals surface area contributed by atoms with Crippen LogP contribution in [-0.2, 0) is 13.0 Å². The van der Waals surface area contributed by atoms with E-state index in [4.69, 9.17) is 0 Å². The Kier molecular flexibility index (Phi) is 4.20. The number of amides is 1. The fraction of sp³-hybridized carbons (Fsp3) is 0.227. The van der Waals surface area contributed by atoms with Crippen molar-refractivity contribution in [2.75, 3.05) is 11.4 Å². The van der Waals surface area contributed by atoms with E-state index in [1.165, 1.54) is 16.9 Å². The van der Waals surface area contributed by atoms with Crippen LogP contribution in [0.2, 0.25) is 0 Å². The maximum Gasteiger partial charge on any atom is 0.268 e. The second-order valence-corrected chi connectivity index (χ2v) is 8.12. The second-order valence-electron chi connectivity index (χ2n) is 7.09. The van der Waals surface area contributed by atoms with Crippen LogP contribution in [0.4, 0.5) is 5.69 Å². The van der Waals surface area contributed by atoms with Crippen LogP contribution >= 0.6 is 11.3 Å². The van der Waals surface area contributed by atoms with Gasteiger partial charge in [-0.15, -0.1) is 11.3 Å². The molecule has 5 rings (SSSR count). The fourth-order valence-corrected chi connectivity index (χ4v) is 4.93. The topological polar surface area (TPSA) is 51.0 Å². The highest BCUT2D eigenvalue weighted by Gasteiger charge is 2.26. The van der Waals surface area contributed by atoms with Gasteiger partial charge in [-0.05, 0) is 43.5 Å². The maximum absolute atomic E-state index is 13.3. The Morgan fingerprint density at radius 2 is 2.04 bits per heavy atom. The molecule has 140 valence electrons. The van der Waals surface area contributed by atoms with E-state index in [1.807, 2.05) is 52.9 Å². The van der Waals surface area contributed by atoms with Crippen molar-refractivity contribution in [2.24, 2.45) is 0 Å². The largest absolute Gasteiger partial charge is 0.306 e. The van der Waals surface area contributed by atoms with Crippen molar-refractivity contribution in [3.8, 4) is 0 Å². The van der Waals surface area contributed by atoms with Crippen molar-refractivity contribution in [3.05, 3.63) is 76.6 Å². The highest BCUT2D eigenvalue weighted by Crippen LogP contribution is 2.32. The van der Waals surface area contributed by atoms with E-state index in [-0.39, 0.29) is 5.91 Å². The third-order valence-corrected chi connectivity index (χ3v) is 6.33. The number of nitrogens with zero attached hydrogens (tertiary/aromatic N) is 4. The molecule has 0 saturated heterocycles. The van der Waals surface area contributed by atoms with Crippen molar-refractivity contribution in [3.63, 3.8) is 0 Å². The molecule has 3 aromatic heterocycles. The van der Waals surface area contributed by atoms with Gasteiger partial charge in [0.25, 0.3) is 5.91 Å². The first-order valence-electron chi connectivity index (χ1n) is 9.47. The van der Waals surface area contributed by atoms with Gasteiger partial charge in [0.2, 0.25) is 0 Å². The molecule has 0 radical (unpaired) electrons. The van der Waals surface area contributed by atoms with Gasteiger partial charge in [0.05, 0.1) is 28.5 Å². The Bertz CT molecular complexity index is 1160. The molecule has 4 heterocycles. The molecule has 0 atom stereocenters. The van der Waals surface area contributed by atoms with Crippen molar-refractivity contribution >= 4 is 33.1 Å². The Balaban J connectivity index is 1.51. The number of aromatic nitrogens is 3. The van der Waals surface area contributed by atoms with Gasteiger partial charge in [-0.25, -0.2) is 0 Å². The number of carbonyl (C=O) groups is 1. The van der Waals surface area contributed by atoms with Gasteiger partial charge >= 0.3 is 0 Å². The third kappa shape index (κ3) is 2.90. The SMILES string of the molecule is Cc1nn(Cc2ccccc2)c2sc(C(=O)N3CCCc4ncccc43)cc12. The van der Waals surface area contributed by atoms with Crippen LogP contribution in [0.3, 0.4) is 0 Å². The molecule has 0 bridgehead atoms. The van der Waals surface area contributed by atoms with E-state index in [0.717, 1.165) is 51.6 Å².